The molecule has 0 aliphatic rings. The Hall–Kier alpha value is -1.27. The molecule has 0 heterocycles. The lowest BCUT2D eigenvalue weighted by molar-refractivity contribution is -0.138. The average molecular weight is 249 g/mol. The van der Waals surface area contributed by atoms with Crippen LogP contribution in [0.25, 0.3) is 0 Å². The van der Waals surface area contributed by atoms with E-state index in [1.54, 1.807) is 0 Å². The number of alkyl halides is 3. The molecule has 0 unspecified atom stereocenters. The number of nitrogens with two attached hydrogens (primary N) is 1. The van der Waals surface area contributed by atoms with Gasteiger partial charge in [0, 0.05) is 0 Å². The topological polar surface area (TPSA) is 55.5 Å². The molecular weight excluding hydrogens is 235 g/mol. The molecule has 6 heteroatoms. The Balaban J connectivity index is 3.30. The summed E-state index contributed by atoms with van der Waals surface area (Å²) in [5.74, 6) is 0.0962. The van der Waals surface area contributed by atoms with Crippen LogP contribution in [0.15, 0.2) is 18.2 Å². The number of hydrogen-bond acceptors (Lipinski definition) is 3. The van der Waals surface area contributed by atoms with Crippen molar-refractivity contribution in [1.82, 2.24) is 0 Å². The maximum absolute atomic E-state index is 12.8. The number of rotatable bonds is 3. The third-order valence-electron chi connectivity index (χ3n) is 2.44. The first-order valence-corrected chi connectivity index (χ1v) is 4.96. The van der Waals surface area contributed by atoms with E-state index < -0.39 is 23.9 Å². The summed E-state index contributed by atoms with van der Waals surface area (Å²) in [6.07, 6.45) is -5.60. The van der Waals surface area contributed by atoms with Crippen LogP contribution >= 0.6 is 0 Å². The molecular formula is C11H14F3NO2. The molecule has 17 heavy (non-hydrogen) atoms. The third-order valence-corrected chi connectivity index (χ3v) is 2.44. The molecule has 0 aromatic heterocycles. The Bertz CT molecular complexity index is 391. The summed E-state index contributed by atoms with van der Waals surface area (Å²) < 4.78 is 43.1. The summed E-state index contributed by atoms with van der Waals surface area (Å²) >= 11 is 0. The molecule has 0 radical (unpaired) electrons. The van der Waals surface area contributed by atoms with Crippen molar-refractivity contribution in [3.63, 3.8) is 0 Å². The lowest BCUT2D eigenvalue weighted by Crippen LogP contribution is -2.26. The zero-order valence-corrected chi connectivity index (χ0v) is 9.45. The molecule has 0 spiro atoms. The van der Waals surface area contributed by atoms with Gasteiger partial charge in [-0.1, -0.05) is 6.07 Å². The number of benzene rings is 1. The quantitative estimate of drug-likeness (QED) is 0.862. The number of aliphatic hydroxyl groups is 1. The van der Waals surface area contributed by atoms with Gasteiger partial charge in [-0.25, -0.2) is 0 Å². The molecule has 96 valence electrons. The summed E-state index contributed by atoms with van der Waals surface area (Å²) in [6.45, 7) is 1.34. The van der Waals surface area contributed by atoms with Gasteiger partial charge in [0.15, 0.2) is 0 Å². The van der Waals surface area contributed by atoms with Gasteiger partial charge in [-0.15, -0.1) is 0 Å². The molecule has 3 nitrogen and oxygen atoms in total. The van der Waals surface area contributed by atoms with Crippen molar-refractivity contribution in [2.24, 2.45) is 5.73 Å². The van der Waals surface area contributed by atoms with Gasteiger partial charge in [-0.2, -0.15) is 13.2 Å². The standard InChI is InChI=1S/C11H14F3NO2/c1-6(16)10(15)8-4-3-7(17-2)5-9(8)11(12,13)14/h3-6,10,16H,15H2,1-2H3/t6-,10-/m1/s1. The fraction of sp³-hybridized carbons (Fsp3) is 0.455. The van der Waals surface area contributed by atoms with E-state index in [2.05, 4.69) is 0 Å². The molecule has 0 bridgehead atoms. The molecule has 0 saturated carbocycles. The van der Waals surface area contributed by atoms with Crippen LogP contribution in [-0.4, -0.2) is 18.3 Å². The maximum Gasteiger partial charge on any atom is 0.416 e. The highest BCUT2D eigenvalue weighted by Crippen LogP contribution is 2.36. The number of ether oxygens (including phenoxy) is 1. The van der Waals surface area contributed by atoms with E-state index in [4.69, 9.17) is 10.5 Å². The highest BCUT2D eigenvalue weighted by atomic mass is 19.4. The predicted octanol–water partition coefficient (Wildman–Crippen LogP) is 2.09. The lowest BCUT2D eigenvalue weighted by Gasteiger charge is -2.21. The summed E-state index contributed by atoms with van der Waals surface area (Å²) in [4.78, 5) is 0. The first-order chi connectivity index (χ1) is 7.77. The molecule has 0 fully saturated rings. The number of hydrogen-bond donors (Lipinski definition) is 2. The van der Waals surface area contributed by atoms with Crippen molar-refractivity contribution in [3.8, 4) is 5.75 Å². The zero-order chi connectivity index (χ0) is 13.2. The van der Waals surface area contributed by atoms with E-state index in [1.165, 1.54) is 26.2 Å². The van der Waals surface area contributed by atoms with Gasteiger partial charge in [0.1, 0.15) is 5.75 Å². The fourth-order valence-electron chi connectivity index (χ4n) is 1.46. The van der Waals surface area contributed by atoms with E-state index in [0.29, 0.717) is 0 Å². The van der Waals surface area contributed by atoms with Gasteiger partial charge in [0.25, 0.3) is 0 Å². The Morgan fingerprint density at radius 1 is 1.35 bits per heavy atom. The molecule has 0 amide bonds. The SMILES string of the molecule is COc1ccc([C@H](N)[C@@H](C)O)c(C(F)(F)F)c1. The minimum atomic E-state index is -4.53. The van der Waals surface area contributed by atoms with E-state index in [9.17, 15) is 18.3 Å². The minimum absolute atomic E-state index is 0.0962. The van der Waals surface area contributed by atoms with E-state index in [0.717, 1.165) is 6.07 Å². The van der Waals surface area contributed by atoms with Gasteiger partial charge in [0.05, 0.1) is 24.8 Å². The van der Waals surface area contributed by atoms with E-state index >= 15 is 0 Å². The second kappa shape index (κ2) is 4.93. The minimum Gasteiger partial charge on any atom is -0.497 e. The van der Waals surface area contributed by atoms with Gasteiger partial charge < -0.3 is 15.6 Å². The molecule has 1 rings (SSSR count). The third kappa shape index (κ3) is 3.10. The van der Waals surface area contributed by atoms with Crippen LogP contribution in [0.4, 0.5) is 13.2 Å². The second-order valence-corrected chi connectivity index (χ2v) is 3.72. The summed E-state index contributed by atoms with van der Waals surface area (Å²) in [6, 6.07) is 2.39. The van der Waals surface area contributed by atoms with Crippen LogP contribution in [0.5, 0.6) is 5.75 Å². The van der Waals surface area contributed by atoms with Gasteiger partial charge in [-0.05, 0) is 24.6 Å². The average Bonchev–Trinajstić information content (AvgIpc) is 2.26. The Morgan fingerprint density at radius 2 is 1.94 bits per heavy atom. The largest absolute Gasteiger partial charge is 0.497 e. The zero-order valence-electron chi connectivity index (χ0n) is 9.45. The highest BCUT2D eigenvalue weighted by Gasteiger charge is 2.35. The molecule has 1 aromatic carbocycles. The van der Waals surface area contributed by atoms with Crippen LogP contribution in [0.3, 0.4) is 0 Å². The van der Waals surface area contributed by atoms with Gasteiger partial charge in [0.2, 0.25) is 0 Å². The first-order valence-electron chi connectivity index (χ1n) is 4.96. The molecule has 0 saturated heterocycles. The maximum atomic E-state index is 12.8. The Kier molecular flexibility index (Phi) is 4.00. The first kappa shape index (κ1) is 13.8. The van der Waals surface area contributed by atoms with Crippen molar-refractivity contribution in [2.45, 2.75) is 25.2 Å². The lowest BCUT2D eigenvalue weighted by atomic mass is 9.97. The monoisotopic (exact) mass is 249 g/mol. The molecule has 1 aromatic rings. The van der Waals surface area contributed by atoms with Gasteiger partial charge in [-0.3, -0.25) is 0 Å². The molecule has 0 aliphatic heterocycles. The number of aliphatic hydroxyl groups excluding tert-OH is 1. The number of methoxy groups -OCH3 is 1. The normalized spacial score (nSPS) is 15.5. The smallest absolute Gasteiger partial charge is 0.416 e. The van der Waals surface area contributed by atoms with Crippen molar-refractivity contribution < 1.29 is 23.0 Å². The van der Waals surface area contributed by atoms with Crippen LogP contribution < -0.4 is 10.5 Å². The molecule has 0 aliphatic carbocycles. The van der Waals surface area contributed by atoms with Crippen LogP contribution in [0.1, 0.15) is 24.1 Å². The van der Waals surface area contributed by atoms with Crippen LogP contribution in [-0.2, 0) is 6.18 Å². The predicted molar refractivity (Wildman–Crippen MR) is 56.6 cm³/mol. The Labute approximate surface area is 97.0 Å². The fourth-order valence-corrected chi connectivity index (χ4v) is 1.46. The molecule has 2 atom stereocenters. The van der Waals surface area contributed by atoms with Gasteiger partial charge >= 0.3 is 6.18 Å². The molecule has 3 N–H and O–H groups in total. The van der Waals surface area contributed by atoms with Crippen molar-refractivity contribution in [2.75, 3.05) is 7.11 Å². The highest BCUT2D eigenvalue weighted by molar-refractivity contribution is 5.39. The Morgan fingerprint density at radius 3 is 2.35 bits per heavy atom. The van der Waals surface area contributed by atoms with Crippen LogP contribution in [0.2, 0.25) is 0 Å². The number of halogens is 3. The van der Waals surface area contributed by atoms with Crippen molar-refractivity contribution in [1.29, 1.82) is 0 Å². The van der Waals surface area contributed by atoms with E-state index in [1.807, 2.05) is 0 Å². The van der Waals surface area contributed by atoms with Crippen molar-refractivity contribution >= 4 is 0 Å². The second-order valence-electron chi connectivity index (χ2n) is 3.72. The van der Waals surface area contributed by atoms with E-state index in [-0.39, 0.29) is 11.3 Å². The summed E-state index contributed by atoms with van der Waals surface area (Å²) in [7, 11) is 1.28. The van der Waals surface area contributed by atoms with Crippen LogP contribution in [0, 0.1) is 0 Å². The van der Waals surface area contributed by atoms with Crippen molar-refractivity contribution in [3.05, 3.63) is 29.3 Å². The summed E-state index contributed by atoms with van der Waals surface area (Å²) in [5.41, 5.74) is 4.51. The summed E-state index contributed by atoms with van der Waals surface area (Å²) in [5, 5.41) is 9.27.